The van der Waals surface area contributed by atoms with E-state index in [1.165, 1.54) is 39.9 Å². The summed E-state index contributed by atoms with van der Waals surface area (Å²) in [6, 6.07) is 10.9. The van der Waals surface area contributed by atoms with Crippen molar-refractivity contribution in [1.82, 2.24) is 8.87 Å². The Morgan fingerprint density at radius 3 is 2.71 bits per heavy atom. The Hall–Kier alpha value is -2.20. The molecule has 0 radical (unpaired) electrons. The van der Waals surface area contributed by atoms with Crippen molar-refractivity contribution in [1.29, 1.82) is 0 Å². The van der Waals surface area contributed by atoms with Crippen molar-refractivity contribution in [3.8, 4) is 5.75 Å². The van der Waals surface area contributed by atoms with Crippen LogP contribution in [0.1, 0.15) is 19.8 Å². The quantitative estimate of drug-likeness (QED) is 0.560. The fourth-order valence-corrected chi connectivity index (χ4v) is 6.55. The van der Waals surface area contributed by atoms with Crippen LogP contribution in [0.4, 0.5) is 0 Å². The molecule has 7 nitrogen and oxygen atoms in total. The van der Waals surface area contributed by atoms with E-state index in [0.29, 0.717) is 29.3 Å². The SMILES string of the molecule is CCOc1cccc2sc(=NC(=O)C3CCCN3S(=O)(=O)c3ccc(Cl)cc3)n(C)c12. The number of amides is 1. The van der Waals surface area contributed by atoms with Crippen molar-refractivity contribution in [2.45, 2.75) is 30.7 Å². The molecule has 4 rings (SSSR count). The minimum Gasteiger partial charge on any atom is -0.492 e. The van der Waals surface area contributed by atoms with Crippen LogP contribution in [0.15, 0.2) is 52.4 Å². The van der Waals surface area contributed by atoms with Crippen LogP contribution in [0, 0.1) is 0 Å². The molecule has 1 aliphatic heterocycles. The number of hydrogen-bond acceptors (Lipinski definition) is 5. The van der Waals surface area contributed by atoms with Crippen LogP contribution in [0.5, 0.6) is 5.75 Å². The van der Waals surface area contributed by atoms with E-state index >= 15 is 0 Å². The third-order valence-corrected chi connectivity index (χ3v) is 8.47. The van der Waals surface area contributed by atoms with E-state index in [9.17, 15) is 13.2 Å². The van der Waals surface area contributed by atoms with E-state index in [2.05, 4.69) is 4.99 Å². The highest BCUT2D eigenvalue weighted by Gasteiger charge is 2.39. The Bertz CT molecular complexity index is 1300. The minimum atomic E-state index is -3.82. The second-order valence-corrected chi connectivity index (χ2v) is 10.5. The lowest BCUT2D eigenvalue weighted by atomic mass is 10.2. The largest absolute Gasteiger partial charge is 0.492 e. The zero-order chi connectivity index (χ0) is 22.2. The summed E-state index contributed by atoms with van der Waals surface area (Å²) in [5.41, 5.74) is 0.859. The van der Waals surface area contributed by atoms with Crippen molar-refractivity contribution in [3.63, 3.8) is 0 Å². The maximum atomic E-state index is 13.1. The average molecular weight is 480 g/mol. The predicted octanol–water partition coefficient (Wildman–Crippen LogP) is 3.57. The van der Waals surface area contributed by atoms with E-state index in [0.717, 1.165) is 16.0 Å². The second-order valence-electron chi connectivity index (χ2n) is 7.16. The van der Waals surface area contributed by atoms with Crippen molar-refractivity contribution in [3.05, 3.63) is 52.3 Å². The summed E-state index contributed by atoms with van der Waals surface area (Å²) in [6.07, 6.45) is 1.04. The molecule has 1 aliphatic rings. The number of aromatic nitrogens is 1. The molecule has 10 heteroatoms. The number of nitrogens with zero attached hydrogens (tertiary/aromatic N) is 3. The van der Waals surface area contributed by atoms with Gasteiger partial charge in [-0.1, -0.05) is 29.0 Å². The predicted molar refractivity (Wildman–Crippen MR) is 121 cm³/mol. The van der Waals surface area contributed by atoms with Gasteiger partial charge < -0.3 is 9.30 Å². The number of para-hydroxylation sites is 1. The molecule has 2 heterocycles. The van der Waals surface area contributed by atoms with Gasteiger partial charge in [0.25, 0.3) is 5.91 Å². The normalized spacial score (nSPS) is 18.0. The Balaban J connectivity index is 1.69. The van der Waals surface area contributed by atoms with E-state index in [4.69, 9.17) is 16.3 Å². The topological polar surface area (TPSA) is 81.0 Å². The zero-order valence-electron chi connectivity index (χ0n) is 17.1. The summed E-state index contributed by atoms with van der Waals surface area (Å²) in [5, 5.41) is 0.451. The number of carbonyl (C=O) groups excluding carboxylic acids is 1. The summed E-state index contributed by atoms with van der Waals surface area (Å²) >= 11 is 7.25. The third-order valence-electron chi connectivity index (χ3n) is 5.20. The highest BCUT2D eigenvalue weighted by Crippen LogP contribution is 2.29. The van der Waals surface area contributed by atoms with Crippen LogP contribution >= 0.6 is 22.9 Å². The van der Waals surface area contributed by atoms with E-state index < -0.39 is 22.0 Å². The standard InChI is InChI=1S/C21H22ClN3O4S2/c1-3-29-17-7-4-8-18-19(17)24(2)21(30-18)23-20(26)16-6-5-13-25(16)31(27,28)15-11-9-14(22)10-12-15/h4,7-12,16H,3,5-6,13H2,1-2H3. The number of aryl methyl sites for hydroxylation is 1. The van der Waals surface area contributed by atoms with Crippen LogP contribution in [0.2, 0.25) is 5.02 Å². The molecule has 0 spiro atoms. The van der Waals surface area contributed by atoms with E-state index in [1.807, 2.05) is 36.7 Å². The first-order chi connectivity index (χ1) is 14.8. The average Bonchev–Trinajstić information content (AvgIpc) is 3.35. The molecule has 0 N–H and O–H groups in total. The first-order valence-corrected chi connectivity index (χ1v) is 12.5. The fourth-order valence-electron chi connectivity index (χ4n) is 3.73. The number of hydrogen-bond donors (Lipinski definition) is 0. The molecular weight excluding hydrogens is 458 g/mol. The molecule has 0 bridgehead atoms. The van der Waals surface area contributed by atoms with Gasteiger partial charge in [0, 0.05) is 18.6 Å². The van der Waals surface area contributed by atoms with Gasteiger partial charge in [0.1, 0.15) is 17.3 Å². The molecule has 1 aromatic heterocycles. The summed E-state index contributed by atoms with van der Waals surface area (Å²) in [5.74, 6) is 0.260. The summed E-state index contributed by atoms with van der Waals surface area (Å²) < 4.78 is 35.9. The summed E-state index contributed by atoms with van der Waals surface area (Å²) in [7, 11) is -2.00. The number of ether oxygens (including phenoxy) is 1. The smallest absolute Gasteiger partial charge is 0.266 e. The number of carbonyl (C=O) groups is 1. The van der Waals surface area contributed by atoms with Crippen molar-refractivity contribution < 1.29 is 17.9 Å². The van der Waals surface area contributed by atoms with Crippen LogP contribution < -0.4 is 9.54 Å². The van der Waals surface area contributed by atoms with Crippen LogP contribution in [0.25, 0.3) is 10.2 Å². The number of thiazole rings is 1. The molecular formula is C21H22ClN3O4S2. The van der Waals surface area contributed by atoms with Gasteiger partial charge in [0.05, 0.1) is 16.2 Å². The number of halogens is 1. The monoisotopic (exact) mass is 479 g/mol. The van der Waals surface area contributed by atoms with Gasteiger partial charge in [-0.3, -0.25) is 4.79 Å². The van der Waals surface area contributed by atoms with Gasteiger partial charge in [-0.05, 0) is 56.2 Å². The molecule has 1 atom stereocenters. The molecule has 1 saturated heterocycles. The van der Waals surface area contributed by atoms with Gasteiger partial charge in [-0.25, -0.2) is 8.42 Å². The van der Waals surface area contributed by atoms with Gasteiger partial charge in [0.2, 0.25) is 10.0 Å². The molecule has 3 aromatic rings. The zero-order valence-corrected chi connectivity index (χ0v) is 19.5. The Labute approximate surface area is 189 Å². The molecule has 1 amide bonds. The number of rotatable bonds is 5. The minimum absolute atomic E-state index is 0.116. The highest BCUT2D eigenvalue weighted by molar-refractivity contribution is 7.89. The van der Waals surface area contributed by atoms with E-state index in [-0.39, 0.29) is 11.4 Å². The van der Waals surface area contributed by atoms with Crippen molar-refractivity contribution >= 4 is 49.1 Å². The first kappa shape index (κ1) is 22.0. The van der Waals surface area contributed by atoms with Crippen LogP contribution in [0.3, 0.4) is 0 Å². The summed E-state index contributed by atoms with van der Waals surface area (Å²) in [4.78, 5) is 18.0. The molecule has 1 unspecified atom stereocenters. The van der Waals surface area contributed by atoms with E-state index in [1.54, 1.807) is 0 Å². The fraction of sp³-hybridized carbons (Fsp3) is 0.333. The molecule has 1 fully saturated rings. The molecule has 0 saturated carbocycles. The Kier molecular flexibility index (Phi) is 6.20. The van der Waals surface area contributed by atoms with Gasteiger partial charge in [-0.15, -0.1) is 0 Å². The third kappa shape index (κ3) is 4.15. The Morgan fingerprint density at radius 2 is 2.00 bits per heavy atom. The van der Waals surface area contributed by atoms with Crippen molar-refractivity contribution in [2.75, 3.05) is 13.2 Å². The van der Waals surface area contributed by atoms with Crippen molar-refractivity contribution in [2.24, 2.45) is 12.0 Å². The maximum absolute atomic E-state index is 13.1. The number of sulfonamides is 1. The molecule has 31 heavy (non-hydrogen) atoms. The summed E-state index contributed by atoms with van der Waals surface area (Å²) in [6.45, 7) is 2.72. The molecule has 2 aromatic carbocycles. The van der Waals surface area contributed by atoms with Gasteiger partial charge in [-0.2, -0.15) is 9.30 Å². The lowest BCUT2D eigenvalue weighted by molar-refractivity contribution is -0.121. The second kappa shape index (κ2) is 8.74. The Morgan fingerprint density at radius 1 is 1.26 bits per heavy atom. The van der Waals surface area contributed by atoms with Crippen LogP contribution in [-0.4, -0.2) is 42.4 Å². The number of fused-ring (bicyclic) bond motifs is 1. The lowest BCUT2D eigenvalue weighted by Crippen LogP contribution is -2.40. The maximum Gasteiger partial charge on any atom is 0.266 e. The number of benzene rings is 2. The highest BCUT2D eigenvalue weighted by atomic mass is 35.5. The van der Waals surface area contributed by atoms with Gasteiger partial charge in [0.15, 0.2) is 4.80 Å². The molecule has 0 aliphatic carbocycles. The first-order valence-electron chi connectivity index (χ1n) is 9.90. The lowest BCUT2D eigenvalue weighted by Gasteiger charge is -2.21. The van der Waals surface area contributed by atoms with Gasteiger partial charge >= 0.3 is 0 Å². The molecule has 164 valence electrons. The van der Waals surface area contributed by atoms with Crippen LogP contribution in [-0.2, 0) is 21.9 Å².